The van der Waals surface area contributed by atoms with E-state index in [0.717, 1.165) is 32.1 Å². The average Bonchev–Trinajstić information content (AvgIpc) is 2.69. The van der Waals surface area contributed by atoms with Gasteiger partial charge in [-0.2, -0.15) is 0 Å². The van der Waals surface area contributed by atoms with Crippen LogP contribution in [-0.4, -0.2) is 16.7 Å². The predicted molar refractivity (Wildman–Crippen MR) is 129 cm³/mol. The van der Waals surface area contributed by atoms with Gasteiger partial charge in [-0.1, -0.05) is 115 Å². The van der Waals surface area contributed by atoms with Crippen molar-refractivity contribution in [1.29, 1.82) is 0 Å². The van der Waals surface area contributed by atoms with Gasteiger partial charge in [-0.25, -0.2) is 4.39 Å². The lowest BCUT2D eigenvalue weighted by molar-refractivity contribution is -0.182. The van der Waals surface area contributed by atoms with E-state index in [2.05, 4.69) is 12.2 Å². The number of unbranched alkanes of at least 4 members (excludes halogenated alkanes) is 18. The number of halogens is 1. The fourth-order valence-corrected chi connectivity index (χ4v) is 5.61. The quantitative estimate of drug-likeness (QED) is 0.136. The van der Waals surface area contributed by atoms with Crippen LogP contribution in [0.5, 0.6) is 0 Å². The highest BCUT2D eigenvalue weighted by Crippen LogP contribution is 2.70. The summed E-state index contributed by atoms with van der Waals surface area (Å²) < 4.78 is 13.4. The van der Waals surface area contributed by atoms with Crippen molar-refractivity contribution in [2.45, 2.75) is 153 Å². The minimum absolute atomic E-state index is 0.292. The molecule has 0 radical (unpaired) electrons. The SMILES string of the molecule is O=C(O)CCCCCCCCCCCCCCCCCCCC/C=C/C12CC(F)(C1)C2. The van der Waals surface area contributed by atoms with Gasteiger partial charge in [0.05, 0.1) is 0 Å². The summed E-state index contributed by atoms with van der Waals surface area (Å²) in [5.41, 5.74) is -0.460. The lowest BCUT2D eigenvalue weighted by Crippen LogP contribution is -2.63. The largest absolute Gasteiger partial charge is 0.481 e. The highest BCUT2D eigenvalue weighted by Gasteiger charge is 2.67. The Balaban J connectivity index is 1.18. The number of aliphatic carboxylic acids is 1. The third-order valence-electron chi connectivity index (χ3n) is 7.49. The van der Waals surface area contributed by atoms with Crippen LogP contribution in [0.2, 0.25) is 0 Å². The standard InChI is InChI=1S/C28H49FO2/c29-28-23-27(24-28,25-28)22-20-18-16-14-12-10-8-6-4-2-1-3-5-7-9-11-13-15-17-19-21-26(30)31/h20,22H,1-19,21,23-25H2,(H,30,31)/b22-20+. The molecule has 1 N–H and O–H groups in total. The van der Waals surface area contributed by atoms with Gasteiger partial charge in [-0.15, -0.1) is 0 Å². The van der Waals surface area contributed by atoms with Gasteiger partial charge >= 0.3 is 5.97 Å². The molecule has 0 aliphatic heterocycles. The highest BCUT2D eigenvalue weighted by molar-refractivity contribution is 5.66. The Hall–Kier alpha value is -0.860. The molecule has 0 aromatic heterocycles. The van der Waals surface area contributed by atoms with Gasteiger partial charge < -0.3 is 5.11 Å². The lowest BCUT2D eigenvalue weighted by Gasteiger charge is -2.64. The third-order valence-corrected chi connectivity index (χ3v) is 7.49. The number of rotatable bonds is 22. The molecule has 0 unspecified atom stereocenters. The van der Waals surface area contributed by atoms with E-state index >= 15 is 0 Å². The second-order valence-corrected chi connectivity index (χ2v) is 10.7. The first kappa shape index (κ1) is 26.4. The molecule has 3 fully saturated rings. The molecule has 3 heteroatoms. The van der Waals surface area contributed by atoms with Gasteiger partial charge in [0.25, 0.3) is 0 Å². The summed E-state index contributed by atoms with van der Waals surface area (Å²) in [5.74, 6) is -0.658. The summed E-state index contributed by atoms with van der Waals surface area (Å²) in [5, 5.41) is 8.60. The van der Waals surface area contributed by atoms with E-state index < -0.39 is 11.6 Å². The zero-order chi connectivity index (χ0) is 22.3. The van der Waals surface area contributed by atoms with Gasteiger partial charge in [-0.3, -0.25) is 4.79 Å². The van der Waals surface area contributed by atoms with Gasteiger partial charge in [0, 0.05) is 6.42 Å². The first-order valence-corrected chi connectivity index (χ1v) is 13.6. The summed E-state index contributed by atoms with van der Waals surface area (Å²) in [4.78, 5) is 10.4. The molecule has 0 aromatic carbocycles. The minimum Gasteiger partial charge on any atom is -0.481 e. The lowest BCUT2D eigenvalue weighted by atomic mass is 9.42. The second-order valence-electron chi connectivity index (χ2n) is 10.7. The number of alkyl halides is 1. The predicted octanol–water partition coefficient (Wildman–Crippen LogP) is 9.32. The van der Waals surface area contributed by atoms with Crippen LogP contribution in [-0.2, 0) is 4.79 Å². The summed E-state index contributed by atoms with van der Waals surface area (Å²) in [6, 6.07) is 0. The first-order valence-electron chi connectivity index (χ1n) is 13.6. The number of carboxylic acids is 1. The Labute approximate surface area is 191 Å². The Morgan fingerprint density at radius 2 is 1.00 bits per heavy atom. The van der Waals surface area contributed by atoms with Gasteiger partial charge in [0.15, 0.2) is 0 Å². The van der Waals surface area contributed by atoms with Crippen LogP contribution in [0.15, 0.2) is 12.2 Å². The molecule has 0 heterocycles. The monoisotopic (exact) mass is 436 g/mol. The maximum absolute atomic E-state index is 13.4. The Morgan fingerprint density at radius 1 is 0.645 bits per heavy atom. The first-order chi connectivity index (χ1) is 15.0. The molecule has 0 spiro atoms. The van der Waals surface area contributed by atoms with Crippen LogP contribution in [0.25, 0.3) is 0 Å². The van der Waals surface area contributed by atoms with Crippen LogP contribution in [0, 0.1) is 5.41 Å². The fraction of sp³-hybridized carbons (Fsp3) is 0.893. The number of carbonyl (C=O) groups is 1. The summed E-state index contributed by atoms with van der Waals surface area (Å²) in [6.07, 6.45) is 32.3. The van der Waals surface area contributed by atoms with E-state index in [1.54, 1.807) is 0 Å². The van der Waals surface area contributed by atoms with E-state index in [-0.39, 0.29) is 0 Å². The molecule has 31 heavy (non-hydrogen) atoms. The topological polar surface area (TPSA) is 37.3 Å². The van der Waals surface area contributed by atoms with Crippen LogP contribution in [0.1, 0.15) is 148 Å². The molecule has 0 amide bonds. The zero-order valence-electron chi connectivity index (χ0n) is 20.2. The van der Waals surface area contributed by atoms with Crippen molar-refractivity contribution in [2.75, 3.05) is 0 Å². The van der Waals surface area contributed by atoms with Crippen molar-refractivity contribution in [3.05, 3.63) is 12.2 Å². The van der Waals surface area contributed by atoms with Gasteiger partial charge in [0.2, 0.25) is 0 Å². The summed E-state index contributed by atoms with van der Waals surface area (Å²) in [7, 11) is 0. The van der Waals surface area contributed by atoms with E-state index in [4.69, 9.17) is 5.11 Å². The minimum atomic E-state index is -0.752. The molecule has 180 valence electrons. The van der Waals surface area contributed by atoms with Crippen molar-refractivity contribution in [3.63, 3.8) is 0 Å². The molecular weight excluding hydrogens is 387 g/mol. The maximum Gasteiger partial charge on any atom is 0.303 e. The number of hydrogen-bond donors (Lipinski definition) is 1. The maximum atomic E-state index is 13.4. The van der Waals surface area contributed by atoms with Crippen molar-refractivity contribution in [1.82, 2.24) is 0 Å². The number of hydrogen-bond acceptors (Lipinski definition) is 1. The average molecular weight is 437 g/mol. The van der Waals surface area contributed by atoms with Crippen LogP contribution in [0.3, 0.4) is 0 Å². The molecule has 3 aliphatic rings. The van der Waals surface area contributed by atoms with Crippen LogP contribution < -0.4 is 0 Å². The molecule has 0 aromatic rings. The van der Waals surface area contributed by atoms with Crippen molar-refractivity contribution >= 4 is 5.97 Å². The van der Waals surface area contributed by atoms with Crippen molar-refractivity contribution in [2.24, 2.45) is 5.41 Å². The van der Waals surface area contributed by atoms with E-state index in [0.29, 0.717) is 11.8 Å². The molecule has 3 aliphatic carbocycles. The molecule has 2 nitrogen and oxygen atoms in total. The van der Waals surface area contributed by atoms with E-state index in [9.17, 15) is 9.18 Å². The normalized spacial score (nSPS) is 24.3. The van der Waals surface area contributed by atoms with Crippen molar-refractivity contribution < 1.29 is 14.3 Å². The molecule has 0 saturated heterocycles. The molecule has 3 saturated carbocycles. The van der Waals surface area contributed by atoms with Gasteiger partial charge in [0.1, 0.15) is 5.67 Å². The Morgan fingerprint density at radius 3 is 1.35 bits per heavy atom. The number of allylic oxidation sites excluding steroid dienone is 2. The van der Waals surface area contributed by atoms with Crippen LogP contribution in [0.4, 0.5) is 4.39 Å². The second kappa shape index (κ2) is 15.1. The Kier molecular flexibility index (Phi) is 12.8. The van der Waals surface area contributed by atoms with E-state index in [1.165, 1.54) is 109 Å². The van der Waals surface area contributed by atoms with Gasteiger partial charge in [-0.05, 0) is 43.9 Å². The zero-order valence-corrected chi connectivity index (χ0v) is 20.2. The highest BCUT2D eigenvalue weighted by atomic mass is 19.1. The Bertz CT molecular complexity index is 493. The molecule has 2 bridgehead atoms. The van der Waals surface area contributed by atoms with E-state index in [1.807, 2.05) is 0 Å². The number of carboxylic acid groups (broad SMARTS) is 1. The summed E-state index contributed by atoms with van der Waals surface area (Å²) >= 11 is 0. The van der Waals surface area contributed by atoms with Crippen LogP contribution >= 0.6 is 0 Å². The smallest absolute Gasteiger partial charge is 0.303 e. The molecular formula is C28H49FO2. The van der Waals surface area contributed by atoms with Crippen molar-refractivity contribution in [3.8, 4) is 0 Å². The molecule has 3 rings (SSSR count). The third kappa shape index (κ3) is 11.5. The summed E-state index contributed by atoms with van der Waals surface area (Å²) in [6.45, 7) is 0. The molecule has 0 atom stereocenters. The fourth-order valence-electron chi connectivity index (χ4n) is 5.61.